The van der Waals surface area contributed by atoms with Crippen LogP contribution in [0, 0.1) is 17.3 Å². The van der Waals surface area contributed by atoms with Crippen LogP contribution in [-0.2, 0) is 4.79 Å². The molecule has 1 aliphatic rings. The fourth-order valence-electron chi connectivity index (χ4n) is 2.01. The summed E-state index contributed by atoms with van der Waals surface area (Å²) in [6, 6.07) is 0. The van der Waals surface area contributed by atoms with E-state index in [-0.39, 0.29) is 23.7 Å². The lowest BCUT2D eigenvalue weighted by atomic mass is 9.80. The van der Waals surface area contributed by atoms with E-state index in [0.717, 1.165) is 19.6 Å². The van der Waals surface area contributed by atoms with E-state index in [4.69, 9.17) is 0 Å². The molecule has 1 fully saturated rings. The molecular weight excluding hydrogens is 248 g/mol. The second kappa shape index (κ2) is 8.00. The largest absolute Gasteiger partial charge is 0.356 e. The Kier molecular flexibility index (Phi) is 7.88. The Morgan fingerprint density at radius 2 is 2.11 bits per heavy atom. The Balaban J connectivity index is 0.00000289. The third kappa shape index (κ3) is 6.60. The maximum absolute atomic E-state index is 11.8. The van der Waals surface area contributed by atoms with Crippen molar-refractivity contribution in [2.24, 2.45) is 17.3 Å². The van der Waals surface area contributed by atoms with Crippen LogP contribution in [0.1, 0.15) is 47.0 Å². The molecule has 1 rings (SSSR count). The molecule has 0 aromatic carbocycles. The van der Waals surface area contributed by atoms with Crippen LogP contribution in [0.25, 0.3) is 0 Å². The van der Waals surface area contributed by atoms with Gasteiger partial charge in [0.05, 0.1) is 0 Å². The highest BCUT2D eigenvalue weighted by molar-refractivity contribution is 5.85. The van der Waals surface area contributed by atoms with E-state index in [1.54, 1.807) is 0 Å². The zero-order chi connectivity index (χ0) is 12.9. The van der Waals surface area contributed by atoms with E-state index in [2.05, 4.69) is 38.3 Å². The van der Waals surface area contributed by atoms with Crippen molar-refractivity contribution in [2.75, 3.05) is 19.6 Å². The van der Waals surface area contributed by atoms with Crippen LogP contribution in [0.3, 0.4) is 0 Å². The van der Waals surface area contributed by atoms with Crippen LogP contribution in [0.2, 0.25) is 0 Å². The van der Waals surface area contributed by atoms with Crippen molar-refractivity contribution in [3.05, 3.63) is 0 Å². The third-order valence-corrected chi connectivity index (χ3v) is 3.96. The lowest BCUT2D eigenvalue weighted by Crippen LogP contribution is -2.39. The van der Waals surface area contributed by atoms with Gasteiger partial charge in [-0.1, -0.05) is 27.7 Å². The summed E-state index contributed by atoms with van der Waals surface area (Å²) < 4.78 is 0. The summed E-state index contributed by atoms with van der Waals surface area (Å²) in [6.45, 7) is 11.7. The van der Waals surface area contributed by atoms with Crippen molar-refractivity contribution in [2.45, 2.75) is 47.0 Å². The van der Waals surface area contributed by atoms with Gasteiger partial charge in [-0.05, 0) is 43.2 Å². The summed E-state index contributed by atoms with van der Waals surface area (Å²) in [4.78, 5) is 11.8. The monoisotopic (exact) mass is 276 g/mol. The molecule has 1 aliphatic heterocycles. The quantitative estimate of drug-likeness (QED) is 0.829. The number of rotatable bonds is 4. The number of piperidine rings is 1. The summed E-state index contributed by atoms with van der Waals surface area (Å²) in [7, 11) is 0. The predicted molar refractivity (Wildman–Crippen MR) is 79.1 cm³/mol. The van der Waals surface area contributed by atoms with Crippen molar-refractivity contribution in [1.82, 2.24) is 10.6 Å². The summed E-state index contributed by atoms with van der Waals surface area (Å²) in [5.74, 6) is 1.25. The van der Waals surface area contributed by atoms with Gasteiger partial charge in [0.15, 0.2) is 0 Å². The molecular formula is C14H29ClN2O. The van der Waals surface area contributed by atoms with Crippen molar-refractivity contribution in [3.63, 3.8) is 0 Å². The van der Waals surface area contributed by atoms with Gasteiger partial charge in [-0.3, -0.25) is 4.79 Å². The average Bonchev–Trinajstić information content (AvgIpc) is 2.26. The van der Waals surface area contributed by atoms with E-state index in [1.165, 1.54) is 12.8 Å². The molecule has 0 radical (unpaired) electrons. The molecule has 2 N–H and O–H groups in total. The number of hydrogen-bond donors (Lipinski definition) is 2. The van der Waals surface area contributed by atoms with Gasteiger partial charge in [0.1, 0.15) is 0 Å². The molecule has 4 heteroatoms. The van der Waals surface area contributed by atoms with Crippen LogP contribution < -0.4 is 10.6 Å². The zero-order valence-electron chi connectivity index (χ0n) is 12.2. The van der Waals surface area contributed by atoms with E-state index in [1.807, 2.05) is 0 Å². The maximum atomic E-state index is 11.8. The molecule has 0 aliphatic carbocycles. The summed E-state index contributed by atoms with van der Waals surface area (Å²) in [5.41, 5.74) is 0.212. The summed E-state index contributed by atoms with van der Waals surface area (Å²) >= 11 is 0. The fraction of sp³-hybridized carbons (Fsp3) is 0.929. The van der Waals surface area contributed by atoms with E-state index < -0.39 is 0 Å². The molecule has 1 heterocycles. The minimum Gasteiger partial charge on any atom is -0.356 e. The first-order chi connectivity index (χ1) is 7.89. The van der Waals surface area contributed by atoms with Gasteiger partial charge in [0, 0.05) is 13.0 Å². The van der Waals surface area contributed by atoms with Crippen LogP contribution >= 0.6 is 12.4 Å². The number of amides is 1. The molecule has 0 bridgehead atoms. The SMILES string of the molecule is CC(CC(=O)NCC1CCCNC1)C(C)(C)C.Cl. The van der Waals surface area contributed by atoms with E-state index >= 15 is 0 Å². The van der Waals surface area contributed by atoms with Gasteiger partial charge in [-0.2, -0.15) is 0 Å². The average molecular weight is 277 g/mol. The van der Waals surface area contributed by atoms with Crippen molar-refractivity contribution in [1.29, 1.82) is 0 Å². The number of carbonyl (C=O) groups excluding carboxylic acids is 1. The zero-order valence-corrected chi connectivity index (χ0v) is 13.0. The minimum absolute atomic E-state index is 0. The Bertz CT molecular complexity index is 245. The van der Waals surface area contributed by atoms with Crippen molar-refractivity contribution in [3.8, 4) is 0 Å². The summed E-state index contributed by atoms with van der Waals surface area (Å²) in [6.07, 6.45) is 3.12. The molecule has 2 unspecified atom stereocenters. The van der Waals surface area contributed by atoms with Gasteiger partial charge in [-0.15, -0.1) is 12.4 Å². The second-order valence-electron chi connectivity index (χ2n) is 6.49. The molecule has 1 saturated heterocycles. The molecule has 3 nitrogen and oxygen atoms in total. The van der Waals surface area contributed by atoms with E-state index in [9.17, 15) is 4.79 Å². The highest BCUT2D eigenvalue weighted by Crippen LogP contribution is 2.27. The van der Waals surface area contributed by atoms with Gasteiger partial charge in [0.25, 0.3) is 0 Å². The topological polar surface area (TPSA) is 41.1 Å². The van der Waals surface area contributed by atoms with E-state index in [0.29, 0.717) is 18.3 Å². The standard InChI is InChI=1S/C14H28N2O.ClH/c1-11(14(2,3)4)8-13(17)16-10-12-6-5-7-15-9-12;/h11-12,15H,5-10H2,1-4H3,(H,16,17);1H. The fourth-order valence-corrected chi connectivity index (χ4v) is 2.01. The lowest BCUT2D eigenvalue weighted by Gasteiger charge is -2.27. The number of hydrogen-bond acceptors (Lipinski definition) is 2. The second-order valence-corrected chi connectivity index (χ2v) is 6.49. The van der Waals surface area contributed by atoms with Gasteiger partial charge in [0.2, 0.25) is 5.91 Å². The highest BCUT2D eigenvalue weighted by Gasteiger charge is 2.23. The molecule has 1 amide bonds. The highest BCUT2D eigenvalue weighted by atomic mass is 35.5. The lowest BCUT2D eigenvalue weighted by molar-refractivity contribution is -0.122. The summed E-state index contributed by atoms with van der Waals surface area (Å²) in [5, 5.41) is 6.45. The van der Waals surface area contributed by atoms with Crippen molar-refractivity contribution >= 4 is 18.3 Å². The molecule has 108 valence electrons. The third-order valence-electron chi connectivity index (χ3n) is 3.96. The van der Waals surface area contributed by atoms with Gasteiger partial charge < -0.3 is 10.6 Å². The van der Waals surface area contributed by atoms with Crippen LogP contribution in [0.5, 0.6) is 0 Å². The van der Waals surface area contributed by atoms with Gasteiger partial charge >= 0.3 is 0 Å². The smallest absolute Gasteiger partial charge is 0.220 e. The molecule has 0 aromatic heterocycles. The first-order valence-electron chi connectivity index (χ1n) is 6.87. The predicted octanol–water partition coefficient (Wildman–Crippen LogP) is 2.60. The normalized spacial score (nSPS) is 21.9. The Hall–Kier alpha value is -0.280. The maximum Gasteiger partial charge on any atom is 0.220 e. The molecule has 0 aromatic rings. The molecule has 2 atom stereocenters. The number of carbonyl (C=O) groups is 1. The number of halogens is 1. The van der Waals surface area contributed by atoms with Crippen LogP contribution in [-0.4, -0.2) is 25.5 Å². The molecule has 0 saturated carbocycles. The number of nitrogens with one attached hydrogen (secondary N) is 2. The Morgan fingerprint density at radius 1 is 1.44 bits per heavy atom. The molecule has 18 heavy (non-hydrogen) atoms. The van der Waals surface area contributed by atoms with Crippen molar-refractivity contribution < 1.29 is 4.79 Å². The first-order valence-corrected chi connectivity index (χ1v) is 6.87. The van der Waals surface area contributed by atoms with Gasteiger partial charge in [-0.25, -0.2) is 0 Å². The van der Waals surface area contributed by atoms with Crippen LogP contribution in [0.15, 0.2) is 0 Å². The Labute approximate surface area is 118 Å². The van der Waals surface area contributed by atoms with Crippen LogP contribution in [0.4, 0.5) is 0 Å². The first kappa shape index (κ1) is 17.7. The molecule has 0 spiro atoms. The Morgan fingerprint density at radius 3 is 2.61 bits per heavy atom. The minimum atomic E-state index is 0.